The maximum Gasteiger partial charge on any atom is 0.407 e. The van der Waals surface area contributed by atoms with Crippen molar-refractivity contribution >= 4 is 18.0 Å². The Morgan fingerprint density at radius 2 is 1.58 bits per heavy atom. The summed E-state index contributed by atoms with van der Waals surface area (Å²) < 4.78 is 5.53. The maximum atomic E-state index is 12.9. The van der Waals surface area contributed by atoms with Gasteiger partial charge in [-0.05, 0) is 41.2 Å². The fraction of sp³-hybridized carbons (Fsp3) is 0.300. The average molecular weight is 514 g/mol. The van der Waals surface area contributed by atoms with E-state index in [0.29, 0.717) is 13.1 Å². The van der Waals surface area contributed by atoms with Crippen LogP contribution in [0.3, 0.4) is 0 Å². The number of hydrogen-bond acceptors (Lipinski definition) is 5. The van der Waals surface area contributed by atoms with Crippen molar-refractivity contribution in [1.29, 1.82) is 0 Å². The molecule has 0 radical (unpaired) electrons. The van der Waals surface area contributed by atoms with Gasteiger partial charge in [-0.3, -0.25) is 9.69 Å². The first-order valence-electron chi connectivity index (χ1n) is 12.8. The molecule has 1 aliphatic carbocycles. The molecule has 3 aromatic carbocycles. The number of alkyl carbamates (subject to hydrolysis) is 1. The van der Waals surface area contributed by atoms with E-state index in [9.17, 15) is 19.5 Å². The monoisotopic (exact) mass is 513 g/mol. The molecule has 0 bridgehead atoms. The molecule has 38 heavy (non-hydrogen) atoms. The summed E-state index contributed by atoms with van der Waals surface area (Å²) in [5, 5.41) is 15.2. The number of ether oxygens (including phenoxy) is 1. The van der Waals surface area contributed by atoms with Crippen LogP contribution in [0.4, 0.5) is 4.79 Å². The number of nitrogens with one attached hydrogen (secondary N) is 2. The molecule has 196 valence electrons. The maximum absolute atomic E-state index is 12.9. The number of carboxylic acid groups (broad SMARTS) is 1. The number of nitrogens with zero attached hydrogens (tertiary/aromatic N) is 1. The Balaban J connectivity index is 1.17. The molecule has 0 aromatic heterocycles. The summed E-state index contributed by atoms with van der Waals surface area (Å²) in [7, 11) is 0. The van der Waals surface area contributed by atoms with Crippen LogP contribution in [-0.4, -0.2) is 59.3 Å². The quantitative estimate of drug-likeness (QED) is 0.423. The van der Waals surface area contributed by atoms with E-state index < -0.39 is 29.6 Å². The molecule has 8 nitrogen and oxygen atoms in total. The first kappa shape index (κ1) is 25.5. The van der Waals surface area contributed by atoms with Gasteiger partial charge in [0.2, 0.25) is 5.91 Å². The molecule has 3 N–H and O–H groups in total. The Morgan fingerprint density at radius 3 is 2.21 bits per heavy atom. The fourth-order valence-corrected chi connectivity index (χ4v) is 5.42. The van der Waals surface area contributed by atoms with E-state index in [1.807, 2.05) is 71.6 Å². The zero-order valence-corrected chi connectivity index (χ0v) is 21.2. The Hall–Kier alpha value is -4.17. The molecule has 3 aromatic rings. The van der Waals surface area contributed by atoms with Gasteiger partial charge in [-0.25, -0.2) is 9.59 Å². The van der Waals surface area contributed by atoms with Crippen LogP contribution in [0.5, 0.6) is 0 Å². The zero-order chi connectivity index (χ0) is 26.7. The first-order valence-corrected chi connectivity index (χ1v) is 12.8. The van der Waals surface area contributed by atoms with Crippen molar-refractivity contribution in [1.82, 2.24) is 15.5 Å². The van der Waals surface area contributed by atoms with Gasteiger partial charge >= 0.3 is 12.1 Å². The highest BCUT2D eigenvalue weighted by Gasteiger charge is 2.46. The fourth-order valence-electron chi connectivity index (χ4n) is 5.42. The van der Waals surface area contributed by atoms with E-state index >= 15 is 0 Å². The normalized spacial score (nSPS) is 19.3. The van der Waals surface area contributed by atoms with Crippen molar-refractivity contribution < 1.29 is 24.2 Å². The minimum atomic E-state index is -1.41. The largest absolute Gasteiger partial charge is 0.479 e. The van der Waals surface area contributed by atoms with E-state index in [4.69, 9.17) is 4.74 Å². The van der Waals surface area contributed by atoms with Crippen molar-refractivity contribution in [2.75, 3.05) is 19.7 Å². The van der Waals surface area contributed by atoms with Gasteiger partial charge in [-0.2, -0.15) is 0 Å². The third-order valence-electron chi connectivity index (χ3n) is 7.44. The Labute approximate surface area is 221 Å². The summed E-state index contributed by atoms with van der Waals surface area (Å²) in [5.41, 5.74) is 4.10. The molecule has 1 saturated heterocycles. The molecular weight excluding hydrogens is 482 g/mol. The van der Waals surface area contributed by atoms with Gasteiger partial charge < -0.3 is 20.5 Å². The van der Waals surface area contributed by atoms with Crippen LogP contribution in [0.15, 0.2) is 78.9 Å². The van der Waals surface area contributed by atoms with Crippen LogP contribution < -0.4 is 10.6 Å². The third-order valence-corrected chi connectivity index (χ3v) is 7.44. The second-order valence-electron chi connectivity index (χ2n) is 10.0. The predicted octanol–water partition coefficient (Wildman–Crippen LogP) is 3.76. The summed E-state index contributed by atoms with van der Waals surface area (Å²) in [5.74, 6) is -1.75. The van der Waals surface area contributed by atoms with E-state index in [2.05, 4.69) is 22.8 Å². The van der Waals surface area contributed by atoms with E-state index in [0.717, 1.165) is 27.8 Å². The van der Waals surface area contributed by atoms with Gasteiger partial charge in [0.15, 0.2) is 5.54 Å². The van der Waals surface area contributed by atoms with E-state index in [1.54, 1.807) is 0 Å². The number of fused-ring (bicyclic) bond motifs is 3. The van der Waals surface area contributed by atoms with Crippen molar-refractivity contribution in [3.8, 4) is 11.1 Å². The number of aliphatic carboxylic acids is 1. The molecule has 2 atom stereocenters. The Kier molecular flexibility index (Phi) is 7.15. The SMILES string of the molecule is C[C@H](NC(=O)OCC1c2ccccc2-c2ccccc21)C(=O)NC1(C(=O)O)CCN(Cc2ccccc2)C1. The third kappa shape index (κ3) is 5.13. The lowest BCUT2D eigenvalue weighted by Crippen LogP contribution is -2.60. The number of benzene rings is 3. The zero-order valence-electron chi connectivity index (χ0n) is 21.2. The highest BCUT2D eigenvalue weighted by atomic mass is 16.5. The lowest BCUT2D eigenvalue weighted by molar-refractivity contribution is -0.147. The van der Waals surface area contributed by atoms with Gasteiger partial charge in [0, 0.05) is 25.6 Å². The Bertz CT molecular complexity index is 1300. The van der Waals surface area contributed by atoms with Crippen LogP contribution >= 0.6 is 0 Å². The number of carbonyl (C=O) groups is 3. The van der Waals surface area contributed by atoms with Crippen LogP contribution in [0.1, 0.15) is 36.0 Å². The highest BCUT2D eigenvalue weighted by molar-refractivity contribution is 5.91. The molecule has 2 aliphatic rings. The van der Waals surface area contributed by atoms with E-state index in [1.165, 1.54) is 6.92 Å². The van der Waals surface area contributed by atoms with Gasteiger partial charge in [-0.1, -0.05) is 78.9 Å². The number of rotatable bonds is 8. The van der Waals surface area contributed by atoms with Crippen molar-refractivity contribution in [3.05, 3.63) is 95.6 Å². The molecule has 8 heteroatoms. The van der Waals surface area contributed by atoms with Crippen molar-refractivity contribution in [3.63, 3.8) is 0 Å². The standard InChI is InChI=1S/C30H31N3O5/c1-20(27(34)32-30(28(35)36)15-16-33(19-30)17-21-9-3-2-4-10-21)31-29(37)38-18-26-24-13-7-5-11-22(24)23-12-6-8-14-25(23)26/h2-14,20,26H,15-19H2,1H3,(H,31,37)(H,32,34)(H,35,36)/t20-,30?/m0/s1. The Morgan fingerprint density at radius 1 is 0.974 bits per heavy atom. The summed E-state index contributed by atoms with van der Waals surface area (Å²) >= 11 is 0. The molecule has 1 fully saturated rings. The number of amides is 2. The van der Waals surface area contributed by atoms with Gasteiger partial charge in [0.1, 0.15) is 12.6 Å². The second kappa shape index (κ2) is 10.7. The molecular formula is C30H31N3O5. The van der Waals surface area contributed by atoms with Gasteiger partial charge in [-0.15, -0.1) is 0 Å². The lowest BCUT2D eigenvalue weighted by atomic mass is 9.98. The highest BCUT2D eigenvalue weighted by Crippen LogP contribution is 2.44. The number of carboxylic acids is 1. The summed E-state index contributed by atoms with van der Waals surface area (Å²) in [4.78, 5) is 39.7. The molecule has 1 heterocycles. The lowest BCUT2D eigenvalue weighted by Gasteiger charge is -2.28. The molecule has 0 saturated carbocycles. The molecule has 0 spiro atoms. The predicted molar refractivity (Wildman–Crippen MR) is 143 cm³/mol. The smallest absolute Gasteiger partial charge is 0.407 e. The second-order valence-corrected chi connectivity index (χ2v) is 10.0. The minimum Gasteiger partial charge on any atom is -0.479 e. The van der Waals surface area contributed by atoms with Crippen LogP contribution in [0, 0.1) is 0 Å². The van der Waals surface area contributed by atoms with E-state index in [-0.39, 0.29) is 25.5 Å². The molecule has 1 aliphatic heterocycles. The minimum absolute atomic E-state index is 0.0957. The van der Waals surface area contributed by atoms with Gasteiger partial charge in [0.05, 0.1) is 0 Å². The van der Waals surface area contributed by atoms with Gasteiger partial charge in [0.25, 0.3) is 0 Å². The first-order chi connectivity index (χ1) is 18.4. The van der Waals surface area contributed by atoms with Crippen LogP contribution in [-0.2, 0) is 20.9 Å². The number of likely N-dealkylation sites (tertiary alicyclic amines) is 1. The van der Waals surface area contributed by atoms with Crippen LogP contribution in [0.25, 0.3) is 11.1 Å². The average Bonchev–Trinajstić information content (AvgIpc) is 3.47. The topological polar surface area (TPSA) is 108 Å². The summed E-state index contributed by atoms with van der Waals surface area (Å²) in [6, 6.07) is 24.9. The summed E-state index contributed by atoms with van der Waals surface area (Å²) in [6.07, 6.45) is -0.450. The number of hydrogen-bond donors (Lipinski definition) is 3. The van der Waals surface area contributed by atoms with Crippen molar-refractivity contribution in [2.45, 2.75) is 37.4 Å². The number of carbonyl (C=O) groups excluding carboxylic acids is 2. The summed E-state index contributed by atoms with van der Waals surface area (Å²) in [6.45, 7) is 2.96. The molecule has 1 unspecified atom stereocenters. The van der Waals surface area contributed by atoms with Crippen LogP contribution in [0.2, 0.25) is 0 Å². The molecule has 2 amide bonds. The van der Waals surface area contributed by atoms with Crippen molar-refractivity contribution in [2.24, 2.45) is 0 Å². The molecule has 5 rings (SSSR count).